The Bertz CT molecular complexity index is 604. The van der Waals surface area contributed by atoms with Gasteiger partial charge in [0.1, 0.15) is 5.56 Å². The first kappa shape index (κ1) is 12.5. The zero-order chi connectivity index (χ0) is 13.1. The molecule has 94 valence electrons. The van der Waals surface area contributed by atoms with Gasteiger partial charge in [0.2, 0.25) is 0 Å². The number of aromatic nitrogens is 2. The fraction of sp³-hybridized carbons (Fsp3) is 0.250. The van der Waals surface area contributed by atoms with Crippen LogP contribution in [0.25, 0.3) is 0 Å². The average molecular weight is 263 g/mol. The maximum absolute atomic E-state index is 12.1. The van der Waals surface area contributed by atoms with Gasteiger partial charge in [0, 0.05) is 30.4 Å². The molecule has 0 aliphatic carbocycles. The summed E-state index contributed by atoms with van der Waals surface area (Å²) in [6.45, 7) is 2.17. The zero-order valence-corrected chi connectivity index (χ0v) is 11.0. The highest BCUT2D eigenvalue weighted by molar-refractivity contribution is 7.07. The highest BCUT2D eigenvalue weighted by Gasteiger charge is 2.15. The van der Waals surface area contributed by atoms with Crippen molar-refractivity contribution in [2.24, 2.45) is 0 Å². The topological polar surface area (TPSA) is 66.1 Å². The molecule has 1 N–H and O–H groups in total. The molecule has 0 aliphatic heterocycles. The molecule has 0 atom stereocenters. The lowest BCUT2D eigenvalue weighted by atomic mass is 10.2. The summed E-state index contributed by atoms with van der Waals surface area (Å²) in [6, 6.07) is 1.42. The van der Waals surface area contributed by atoms with Gasteiger partial charge in [-0.05, 0) is 6.92 Å². The van der Waals surface area contributed by atoms with Crippen LogP contribution in [-0.4, -0.2) is 27.8 Å². The molecule has 5 nitrogen and oxygen atoms in total. The Morgan fingerprint density at radius 3 is 2.94 bits per heavy atom. The van der Waals surface area contributed by atoms with Gasteiger partial charge in [-0.1, -0.05) is 0 Å². The molecular formula is C12H13N3O2S. The van der Waals surface area contributed by atoms with Crippen molar-refractivity contribution in [2.45, 2.75) is 13.5 Å². The molecule has 2 aromatic heterocycles. The van der Waals surface area contributed by atoms with Crippen LogP contribution in [0.2, 0.25) is 0 Å². The van der Waals surface area contributed by atoms with Gasteiger partial charge in [-0.3, -0.25) is 9.59 Å². The summed E-state index contributed by atoms with van der Waals surface area (Å²) in [4.78, 5) is 32.3. The smallest absolute Gasteiger partial charge is 0.259 e. The maximum atomic E-state index is 12.1. The summed E-state index contributed by atoms with van der Waals surface area (Å²) >= 11 is 1.48. The zero-order valence-electron chi connectivity index (χ0n) is 10.1. The lowest BCUT2D eigenvalue weighted by Crippen LogP contribution is -2.30. The van der Waals surface area contributed by atoms with Crippen LogP contribution < -0.4 is 5.43 Å². The molecule has 6 heteroatoms. The van der Waals surface area contributed by atoms with Gasteiger partial charge in [-0.15, -0.1) is 11.3 Å². The van der Waals surface area contributed by atoms with Crippen LogP contribution in [0.15, 0.2) is 27.9 Å². The second-order valence-corrected chi connectivity index (χ2v) is 4.75. The molecule has 0 spiro atoms. The summed E-state index contributed by atoms with van der Waals surface area (Å²) < 4.78 is 0. The number of hydrogen-bond donors (Lipinski definition) is 1. The van der Waals surface area contributed by atoms with Crippen LogP contribution in [0.4, 0.5) is 0 Å². The van der Waals surface area contributed by atoms with E-state index in [9.17, 15) is 9.59 Å². The molecule has 0 fully saturated rings. The molecule has 0 radical (unpaired) electrons. The van der Waals surface area contributed by atoms with Crippen molar-refractivity contribution in [3.05, 3.63) is 50.3 Å². The van der Waals surface area contributed by atoms with Crippen molar-refractivity contribution < 1.29 is 4.79 Å². The second kappa shape index (κ2) is 5.14. The van der Waals surface area contributed by atoms with Gasteiger partial charge >= 0.3 is 0 Å². The first-order valence-electron chi connectivity index (χ1n) is 5.40. The Kier molecular flexibility index (Phi) is 3.57. The summed E-state index contributed by atoms with van der Waals surface area (Å²) in [6.07, 6.45) is 1.46. The third-order valence-corrected chi connectivity index (χ3v) is 3.15. The predicted molar refractivity (Wildman–Crippen MR) is 69.7 cm³/mol. The van der Waals surface area contributed by atoms with E-state index in [1.165, 1.54) is 28.5 Å². The molecule has 2 heterocycles. The minimum absolute atomic E-state index is 0.151. The van der Waals surface area contributed by atoms with Crippen molar-refractivity contribution >= 4 is 17.2 Å². The number of amides is 1. The van der Waals surface area contributed by atoms with E-state index in [0.29, 0.717) is 6.54 Å². The monoisotopic (exact) mass is 263 g/mol. The maximum Gasteiger partial charge on any atom is 0.259 e. The van der Waals surface area contributed by atoms with Gasteiger partial charge in [0.15, 0.2) is 5.43 Å². The first-order valence-corrected chi connectivity index (χ1v) is 6.34. The van der Waals surface area contributed by atoms with Crippen molar-refractivity contribution in [3.63, 3.8) is 0 Å². The van der Waals surface area contributed by atoms with Gasteiger partial charge in [0.25, 0.3) is 5.91 Å². The molecule has 2 aromatic rings. The van der Waals surface area contributed by atoms with E-state index in [0.717, 1.165) is 11.4 Å². The number of H-pyrrole nitrogens is 1. The highest BCUT2D eigenvalue weighted by atomic mass is 32.1. The number of nitrogens with zero attached hydrogens (tertiary/aromatic N) is 2. The van der Waals surface area contributed by atoms with Crippen LogP contribution in [0.1, 0.15) is 21.7 Å². The molecule has 18 heavy (non-hydrogen) atoms. The van der Waals surface area contributed by atoms with Gasteiger partial charge in [-0.2, -0.15) is 0 Å². The number of aryl methyl sites for hydroxylation is 1. The molecule has 0 aromatic carbocycles. The molecular weight excluding hydrogens is 250 g/mol. The van der Waals surface area contributed by atoms with Gasteiger partial charge in [0.05, 0.1) is 17.7 Å². The Labute approximate surface area is 108 Å². The van der Waals surface area contributed by atoms with Crippen molar-refractivity contribution in [2.75, 3.05) is 7.05 Å². The second-order valence-electron chi connectivity index (χ2n) is 4.03. The standard InChI is InChI=1S/C12H13N3O2S/c1-8-3-11(16)10(4-13-8)12(17)15(2)5-9-6-18-7-14-9/h3-4,6-7H,5H2,1-2H3,(H,13,16). The molecule has 0 unspecified atom stereocenters. The van der Waals surface area contributed by atoms with Crippen molar-refractivity contribution in [3.8, 4) is 0 Å². The first-order chi connectivity index (χ1) is 8.58. The van der Waals surface area contributed by atoms with E-state index in [-0.39, 0.29) is 16.9 Å². The van der Waals surface area contributed by atoms with E-state index in [1.807, 2.05) is 5.38 Å². The Morgan fingerprint density at radius 2 is 2.33 bits per heavy atom. The number of carbonyl (C=O) groups is 1. The number of carbonyl (C=O) groups excluding carboxylic acids is 1. The number of hydrogen-bond acceptors (Lipinski definition) is 4. The number of nitrogens with one attached hydrogen (secondary N) is 1. The number of thiazole rings is 1. The van der Waals surface area contributed by atoms with E-state index in [2.05, 4.69) is 9.97 Å². The Hall–Kier alpha value is -1.95. The molecule has 0 aliphatic rings. The van der Waals surface area contributed by atoms with Crippen LogP contribution in [0.5, 0.6) is 0 Å². The normalized spacial score (nSPS) is 10.3. The van der Waals surface area contributed by atoms with Crippen molar-refractivity contribution in [1.82, 2.24) is 14.9 Å². The SMILES string of the molecule is Cc1cc(=O)c(C(=O)N(C)Cc2cscn2)c[nH]1. The van der Waals surface area contributed by atoms with Gasteiger partial charge in [-0.25, -0.2) is 4.98 Å². The van der Waals surface area contributed by atoms with Gasteiger partial charge < -0.3 is 9.88 Å². The van der Waals surface area contributed by atoms with Crippen LogP contribution >= 0.6 is 11.3 Å². The van der Waals surface area contributed by atoms with Crippen LogP contribution in [0.3, 0.4) is 0 Å². The molecule has 0 bridgehead atoms. The van der Waals surface area contributed by atoms with E-state index >= 15 is 0 Å². The Balaban J connectivity index is 2.18. The van der Waals surface area contributed by atoms with Crippen LogP contribution in [-0.2, 0) is 6.54 Å². The third kappa shape index (κ3) is 2.65. The molecule has 2 rings (SSSR count). The van der Waals surface area contributed by atoms with Crippen LogP contribution in [0, 0.1) is 6.92 Å². The average Bonchev–Trinajstić information content (AvgIpc) is 2.81. The fourth-order valence-corrected chi connectivity index (χ4v) is 2.13. The lowest BCUT2D eigenvalue weighted by Gasteiger charge is -2.15. The largest absolute Gasteiger partial charge is 0.364 e. The minimum Gasteiger partial charge on any atom is -0.364 e. The quantitative estimate of drug-likeness (QED) is 0.910. The third-order valence-electron chi connectivity index (χ3n) is 2.52. The highest BCUT2D eigenvalue weighted by Crippen LogP contribution is 2.06. The van der Waals surface area contributed by atoms with E-state index < -0.39 is 0 Å². The molecule has 0 saturated carbocycles. The van der Waals surface area contributed by atoms with E-state index in [4.69, 9.17) is 0 Å². The number of aromatic amines is 1. The summed E-state index contributed by atoms with van der Waals surface area (Å²) in [5.41, 5.74) is 3.16. The van der Waals surface area contributed by atoms with Crippen molar-refractivity contribution in [1.29, 1.82) is 0 Å². The summed E-state index contributed by atoms with van der Waals surface area (Å²) in [5.74, 6) is -0.302. The minimum atomic E-state index is -0.302. The van der Waals surface area contributed by atoms with E-state index in [1.54, 1.807) is 19.5 Å². The fourth-order valence-electron chi connectivity index (χ4n) is 1.58. The lowest BCUT2D eigenvalue weighted by molar-refractivity contribution is 0.0782. The summed E-state index contributed by atoms with van der Waals surface area (Å²) in [5, 5.41) is 1.88. The number of pyridine rings is 1. The summed E-state index contributed by atoms with van der Waals surface area (Å²) in [7, 11) is 1.65. The molecule has 0 saturated heterocycles. The number of rotatable bonds is 3. The predicted octanol–water partition coefficient (Wildman–Crippen LogP) is 1.41. The Morgan fingerprint density at radius 1 is 1.56 bits per heavy atom. The molecule has 1 amide bonds.